The van der Waals surface area contributed by atoms with Crippen molar-refractivity contribution in [1.82, 2.24) is 19.8 Å². The molecule has 11 heteroatoms. The van der Waals surface area contributed by atoms with Crippen molar-refractivity contribution in [3.05, 3.63) is 47.8 Å². The molecule has 43 heavy (non-hydrogen) atoms. The quantitative estimate of drug-likeness (QED) is 0.240. The van der Waals surface area contributed by atoms with Crippen LogP contribution in [0.1, 0.15) is 30.4 Å². The Hall–Kier alpha value is -4.48. The number of imide groups is 1. The largest absolute Gasteiger partial charge is 0.493 e. The first-order valence-electron chi connectivity index (χ1n) is 14.4. The molecule has 0 bridgehead atoms. The fourth-order valence-corrected chi connectivity index (χ4v) is 6.47. The Morgan fingerprint density at radius 1 is 0.791 bits per heavy atom. The Bertz CT molecular complexity index is 1750. The first-order valence-corrected chi connectivity index (χ1v) is 14.4. The number of carbonyl (C=O) groups is 2. The number of nitrogens with one attached hydrogen (secondary N) is 2. The molecule has 2 aromatic heterocycles. The number of benzene rings is 2. The number of piperidine rings is 1. The van der Waals surface area contributed by atoms with E-state index < -0.39 is 17.9 Å². The lowest BCUT2D eigenvalue weighted by atomic mass is 9.95. The maximum Gasteiger partial charge on any atom is 0.259 e. The van der Waals surface area contributed by atoms with Crippen molar-refractivity contribution >= 4 is 44.8 Å². The Morgan fingerprint density at radius 2 is 1.42 bits per heavy atom. The fourth-order valence-electron chi connectivity index (χ4n) is 6.47. The van der Waals surface area contributed by atoms with Crippen LogP contribution in [0.5, 0.6) is 23.0 Å². The van der Waals surface area contributed by atoms with E-state index in [-0.39, 0.29) is 11.1 Å². The van der Waals surface area contributed by atoms with Crippen LogP contribution in [0.2, 0.25) is 0 Å². The molecule has 1 atom stereocenters. The molecule has 0 spiro atoms. The number of aliphatic hydroxyl groups is 1. The van der Waals surface area contributed by atoms with Crippen LogP contribution in [0.25, 0.3) is 33.0 Å². The first kappa shape index (κ1) is 28.6. The van der Waals surface area contributed by atoms with Gasteiger partial charge in [-0.05, 0) is 50.2 Å². The van der Waals surface area contributed by atoms with E-state index in [2.05, 4.69) is 15.2 Å². The molecular weight excluding hydrogens is 552 g/mol. The highest BCUT2D eigenvalue weighted by molar-refractivity contribution is 6.51. The van der Waals surface area contributed by atoms with Crippen LogP contribution >= 0.6 is 0 Å². The molecule has 0 aliphatic carbocycles. The Balaban J connectivity index is 1.56. The average Bonchev–Trinajstić information content (AvgIpc) is 3.68. The van der Waals surface area contributed by atoms with Crippen LogP contribution < -0.4 is 24.3 Å². The van der Waals surface area contributed by atoms with Gasteiger partial charge in [0, 0.05) is 36.6 Å². The van der Waals surface area contributed by atoms with Gasteiger partial charge in [0.05, 0.1) is 67.5 Å². The standard InChI is InChI=1S/C32H36N4O7/c1-40-23-10-8-21-25(29(23)42-3)19(14-33-21)27-28(32(39)34-31(27)38)20-17-36(16-18(37)15-35-12-6-5-7-13-35)22-9-11-24(41-2)30(43-4)26(20)22/h8-11,14,17-18,33,37H,5-7,12-13,15-16H2,1-4H3,(H,34,38,39). The molecule has 2 aliphatic rings. The van der Waals surface area contributed by atoms with Crippen LogP contribution in [0, 0.1) is 0 Å². The van der Waals surface area contributed by atoms with Crippen LogP contribution in [-0.2, 0) is 16.1 Å². The number of fused-ring (bicyclic) bond motifs is 2. The van der Waals surface area contributed by atoms with E-state index in [1.165, 1.54) is 20.6 Å². The van der Waals surface area contributed by atoms with E-state index >= 15 is 0 Å². The van der Waals surface area contributed by atoms with Gasteiger partial charge in [0.1, 0.15) is 0 Å². The smallest absolute Gasteiger partial charge is 0.259 e. The first-order chi connectivity index (χ1) is 20.9. The number of β-amino-alcohol motifs (C(OH)–C–C–N with tert-alkyl or cyclic N) is 1. The lowest BCUT2D eigenvalue weighted by Crippen LogP contribution is -2.37. The van der Waals surface area contributed by atoms with E-state index in [0.717, 1.165) is 31.4 Å². The van der Waals surface area contributed by atoms with Gasteiger partial charge in [0.15, 0.2) is 23.0 Å². The number of H-pyrrole nitrogens is 1. The summed E-state index contributed by atoms with van der Waals surface area (Å²) in [5, 5.41) is 14.9. The maximum atomic E-state index is 13.6. The average molecular weight is 589 g/mol. The molecule has 226 valence electrons. The van der Waals surface area contributed by atoms with Crippen LogP contribution in [0.4, 0.5) is 0 Å². The predicted molar refractivity (Wildman–Crippen MR) is 163 cm³/mol. The summed E-state index contributed by atoms with van der Waals surface area (Å²) in [6.45, 7) is 2.78. The number of hydrogen-bond donors (Lipinski definition) is 3. The normalized spacial score (nSPS) is 16.7. The second-order valence-corrected chi connectivity index (χ2v) is 10.9. The third-order valence-electron chi connectivity index (χ3n) is 8.37. The minimum atomic E-state index is -0.646. The number of amides is 2. The van der Waals surface area contributed by atoms with Crippen molar-refractivity contribution in [2.24, 2.45) is 0 Å². The van der Waals surface area contributed by atoms with E-state index in [0.29, 0.717) is 63.5 Å². The number of hydrogen-bond acceptors (Lipinski definition) is 8. The zero-order valence-electron chi connectivity index (χ0n) is 24.8. The van der Waals surface area contributed by atoms with Gasteiger partial charge in [-0.3, -0.25) is 14.9 Å². The number of likely N-dealkylation sites (tertiary alicyclic amines) is 1. The molecule has 0 saturated carbocycles. The molecule has 11 nitrogen and oxygen atoms in total. The third kappa shape index (κ3) is 4.88. The molecule has 4 aromatic rings. The monoisotopic (exact) mass is 588 g/mol. The Morgan fingerprint density at radius 3 is 2.07 bits per heavy atom. The molecule has 2 aromatic carbocycles. The highest BCUT2D eigenvalue weighted by Gasteiger charge is 2.37. The maximum absolute atomic E-state index is 13.6. The second-order valence-electron chi connectivity index (χ2n) is 10.9. The fraction of sp³-hybridized carbons (Fsp3) is 0.375. The van der Waals surface area contributed by atoms with E-state index in [1.807, 2.05) is 22.9 Å². The van der Waals surface area contributed by atoms with Crippen molar-refractivity contribution in [1.29, 1.82) is 0 Å². The molecule has 1 unspecified atom stereocenters. The lowest BCUT2D eigenvalue weighted by molar-refractivity contribution is -0.122. The van der Waals surface area contributed by atoms with Gasteiger partial charge in [0.2, 0.25) is 0 Å². The number of methoxy groups -OCH3 is 4. The van der Waals surface area contributed by atoms with Crippen LogP contribution in [0.15, 0.2) is 36.7 Å². The molecule has 6 rings (SSSR count). The molecule has 2 amide bonds. The van der Waals surface area contributed by atoms with Crippen molar-refractivity contribution in [3.63, 3.8) is 0 Å². The minimum absolute atomic E-state index is 0.191. The van der Waals surface area contributed by atoms with E-state index in [1.54, 1.807) is 32.5 Å². The summed E-state index contributed by atoms with van der Waals surface area (Å²) in [5.74, 6) is 0.781. The summed E-state index contributed by atoms with van der Waals surface area (Å²) in [7, 11) is 6.16. The van der Waals surface area contributed by atoms with Gasteiger partial charge in [-0.1, -0.05) is 6.42 Å². The summed E-state index contributed by atoms with van der Waals surface area (Å²) in [6.07, 6.45) is 6.33. The molecule has 2 aliphatic heterocycles. The third-order valence-corrected chi connectivity index (χ3v) is 8.37. The molecule has 1 fully saturated rings. The SMILES string of the molecule is COc1ccc2[nH]cc(C3=C(c4cn(CC(O)CN5CCCCC5)c5ccc(OC)c(OC)c45)C(=O)NC3=O)c2c1OC. The van der Waals surface area contributed by atoms with Gasteiger partial charge in [-0.25, -0.2) is 0 Å². The molecule has 0 radical (unpaired) electrons. The number of ether oxygens (including phenoxy) is 4. The van der Waals surface area contributed by atoms with Gasteiger partial charge >= 0.3 is 0 Å². The highest BCUT2D eigenvalue weighted by atomic mass is 16.5. The van der Waals surface area contributed by atoms with Crippen molar-refractivity contribution in [2.45, 2.75) is 31.9 Å². The van der Waals surface area contributed by atoms with Gasteiger partial charge in [0.25, 0.3) is 11.8 Å². The lowest BCUT2D eigenvalue weighted by Gasteiger charge is -2.28. The Kier molecular flexibility index (Phi) is 7.76. The number of nitrogens with zero attached hydrogens (tertiary/aromatic N) is 2. The minimum Gasteiger partial charge on any atom is -0.493 e. The number of aromatic amines is 1. The summed E-state index contributed by atoms with van der Waals surface area (Å²) >= 11 is 0. The highest BCUT2D eigenvalue weighted by Crippen LogP contribution is 2.46. The topological polar surface area (TPSA) is 127 Å². The van der Waals surface area contributed by atoms with Gasteiger partial charge in [-0.2, -0.15) is 0 Å². The number of carbonyl (C=O) groups excluding carboxylic acids is 2. The van der Waals surface area contributed by atoms with Crippen LogP contribution in [0.3, 0.4) is 0 Å². The Labute approximate surface area is 248 Å². The summed E-state index contributed by atoms with van der Waals surface area (Å²) in [6, 6.07) is 7.28. The van der Waals surface area contributed by atoms with Crippen molar-refractivity contribution in [2.75, 3.05) is 48.1 Å². The zero-order chi connectivity index (χ0) is 30.2. The number of rotatable bonds is 10. The van der Waals surface area contributed by atoms with E-state index in [9.17, 15) is 14.7 Å². The van der Waals surface area contributed by atoms with E-state index in [4.69, 9.17) is 18.9 Å². The van der Waals surface area contributed by atoms with Crippen LogP contribution in [-0.4, -0.2) is 85.5 Å². The molecule has 3 N–H and O–H groups in total. The predicted octanol–water partition coefficient (Wildman–Crippen LogP) is 3.57. The molecule has 1 saturated heterocycles. The van der Waals surface area contributed by atoms with Gasteiger partial charge < -0.3 is 38.5 Å². The number of aromatic nitrogens is 2. The number of aliphatic hydroxyl groups excluding tert-OH is 1. The summed E-state index contributed by atoms with van der Waals surface area (Å²) < 4.78 is 24.6. The molecular formula is C32H36N4O7. The van der Waals surface area contributed by atoms with Gasteiger partial charge in [-0.15, -0.1) is 0 Å². The zero-order valence-corrected chi connectivity index (χ0v) is 24.8. The summed E-state index contributed by atoms with van der Waals surface area (Å²) in [4.78, 5) is 32.6. The van der Waals surface area contributed by atoms with Crippen molar-refractivity contribution in [3.8, 4) is 23.0 Å². The molecule has 4 heterocycles. The van der Waals surface area contributed by atoms with Crippen molar-refractivity contribution < 1.29 is 33.6 Å². The summed E-state index contributed by atoms with van der Waals surface area (Å²) in [5.41, 5.74) is 2.83. The second kappa shape index (κ2) is 11.7.